The number of aromatic nitrogens is 1. The van der Waals surface area contributed by atoms with Crippen LogP contribution in [0.4, 0.5) is 0 Å². The Morgan fingerprint density at radius 1 is 1.32 bits per heavy atom. The molecule has 0 amide bonds. The number of carboxylic acids is 1. The van der Waals surface area contributed by atoms with Gasteiger partial charge in [0.15, 0.2) is 4.34 Å². The normalized spacial score (nSPS) is 11.8. The summed E-state index contributed by atoms with van der Waals surface area (Å²) in [5.74, 6) is -0.806. The Morgan fingerprint density at radius 3 is 2.73 bits per heavy atom. The van der Waals surface area contributed by atoms with Gasteiger partial charge in [0.1, 0.15) is 4.75 Å². The lowest BCUT2D eigenvalue weighted by molar-refractivity contribution is -0.138. The molecule has 0 saturated carbocycles. The molecular weight excluding hydrogens is 316 g/mol. The van der Waals surface area contributed by atoms with Crippen LogP contribution in [0, 0.1) is 0 Å². The van der Waals surface area contributed by atoms with Crippen LogP contribution in [0.15, 0.2) is 9.72 Å². The lowest BCUT2D eigenvalue weighted by Crippen LogP contribution is -2.26. The average Bonchev–Trinajstić information content (AvgIpc) is 2.88. The Hall–Kier alpha value is -0.590. The van der Waals surface area contributed by atoms with Crippen molar-refractivity contribution in [1.29, 1.82) is 0 Å². The molecule has 1 aromatic heterocycles. The first-order chi connectivity index (χ1) is 10.5. The molecule has 1 rings (SSSR count). The highest BCUT2D eigenvalue weighted by molar-refractivity contribution is 8.02. The summed E-state index contributed by atoms with van der Waals surface area (Å²) in [5.41, 5.74) is 1.05. The quantitative estimate of drug-likeness (QED) is 0.439. The highest BCUT2D eigenvalue weighted by Gasteiger charge is 2.29. The molecule has 22 heavy (non-hydrogen) atoms. The number of carboxylic acid groups (broad SMARTS) is 1. The lowest BCUT2D eigenvalue weighted by Gasteiger charge is -2.15. The summed E-state index contributed by atoms with van der Waals surface area (Å²) in [5, 5.41) is 14.6. The van der Waals surface area contributed by atoms with Crippen LogP contribution in [-0.4, -0.2) is 33.9 Å². The topological polar surface area (TPSA) is 62.2 Å². The highest BCUT2D eigenvalue weighted by Crippen LogP contribution is 2.34. The van der Waals surface area contributed by atoms with E-state index in [0.717, 1.165) is 29.5 Å². The predicted molar refractivity (Wildman–Crippen MR) is 95.0 cm³/mol. The molecule has 1 aromatic rings. The predicted octanol–water partition coefficient (Wildman–Crippen LogP) is 4.20. The van der Waals surface area contributed by atoms with Crippen molar-refractivity contribution in [1.82, 2.24) is 10.3 Å². The number of hydrogen-bond donors (Lipinski definition) is 2. The highest BCUT2D eigenvalue weighted by atomic mass is 32.2. The SMILES string of the molecule is CCCCCCCNCCc1csc(SC(C)(C)C(=O)O)n1. The van der Waals surface area contributed by atoms with E-state index in [1.54, 1.807) is 13.8 Å². The first-order valence-corrected chi connectivity index (χ1v) is 9.73. The Kier molecular flexibility index (Phi) is 9.05. The molecule has 0 aliphatic heterocycles. The summed E-state index contributed by atoms with van der Waals surface area (Å²) in [4.78, 5) is 15.6. The van der Waals surface area contributed by atoms with Gasteiger partial charge in [0.2, 0.25) is 0 Å². The van der Waals surface area contributed by atoms with Gasteiger partial charge in [0.25, 0.3) is 0 Å². The van der Waals surface area contributed by atoms with Gasteiger partial charge in [-0.25, -0.2) is 4.98 Å². The molecule has 0 aromatic carbocycles. The molecular formula is C16H28N2O2S2. The van der Waals surface area contributed by atoms with E-state index in [0.29, 0.717) is 0 Å². The van der Waals surface area contributed by atoms with Crippen LogP contribution in [0.5, 0.6) is 0 Å². The number of aliphatic carboxylic acids is 1. The summed E-state index contributed by atoms with van der Waals surface area (Å²) in [6.07, 6.45) is 7.42. The van der Waals surface area contributed by atoms with Gasteiger partial charge in [-0.2, -0.15) is 0 Å². The summed E-state index contributed by atoms with van der Waals surface area (Å²) < 4.78 is 0.00764. The molecule has 0 aliphatic carbocycles. The second-order valence-corrected chi connectivity index (χ2v) is 8.66. The first-order valence-electron chi connectivity index (χ1n) is 8.03. The zero-order valence-corrected chi connectivity index (χ0v) is 15.5. The van der Waals surface area contributed by atoms with Crippen LogP contribution in [0.2, 0.25) is 0 Å². The van der Waals surface area contributed by atoms with Gasteiger partial charge in [0.05, 0.1) is 5.69 Å². The van der Waals surface area contributed by atoms with Crippen LogP contribution in [0.25, 0.3) is 0 Å². The number of thioether (sulfide) groups is 1. The fraction of sp³-hybridized carbons (Fsp3) is 0.750. The fourth-order valence-corrected chi connectivity index (χ4v) is 4.13. The molecule has 6 heteroatoms. The van der Waals surface area contributed by atoms with E-state index in [1.165, 1.54) is 55.2 Å². The van der Waals surface area contributed by atoms with E-state index in [2.05, 4.69) is 17.2 Å². The van der Waals surface area contributed by atoms with Crippen molar-refractivity contribution in [3.63, 3.8) is 0 Å². The minimum atomic E-state index is -0.828. The third kappa shape index (κ3) is 7.61. The Morgan fingerprint density at radius 2 is 2.05 bits per heavy atom. The Labute approximate surface area is 142 Å². The van der Waals surface area contributed by atoms with E-state index in [4.69, 9.17) is 5.11 Å². The van der Waals surface area contributed by atoms with E-state index < -0.39 is 10.7 Å². The van der Waals surface area contributed by atoms with Gasteiger partial charge in [-0.15, -0.1) is 11.3 Å². The minimum absolute atomic E-state index is 0.806. The molecule has 0 bridgehead atoms. The van der Waals surface area contributed by atoms with Crippen LogP contribution in [-0.2, 0) is 11.2 Å². The maximum absolute atomic E-state index is 11.1. The van der Waals surface area contributed by atoms with Gasteiger partial charge in [0, 0.05) is 18.3 Å². The number of carbonyl (C=O) groups is 1. The Balaban J connectivity index is 2.19. The van der Waals surface area contributed by atoms with E-state index in [1.807, 2.05) is 5.38 Å². The summed E-state index contributed by atoms with van der Waals surface area (Å²) in [7, 11) is 0. The summed E-state index contributed by atoms with van der Waals surface area (Å²) in [6, 6.07) is 0. The van der Waals surface area contributed by atoms with Crippen molar-refractivity contribution in [3.05, 3.63) is 11.1 Å². The van der Waals surface area contributed by atoms with Crippen molar-refractivity contribution in [2.75, 3.05) is 13.1 Å². The number of rotatable bonds is 12. The van der Waals surface area contributed by atoms with Crippen molar-refractivity contribution >= 4 is 29.1 Å². The van der Waals surface area contributed by atoms with E-state index in [9.17, 15) is 4.79 Å². The molecule has 0 spiro atoms. The van der Waals surface area contributed by atoms with Gasteiger partial charge >= 0.3 is 5.97 Å². The van der Waals surface area contributed by atoms with E-state index in [-0.39, 0.29) is 0 Å². The molecule has 0 unspecified atom stereocenters. The molecule has 0 radical (unpaired) electrons. The lowest BCUT2D eigenvalue weighted by atomic mass is 10.1. The van der Waals surface area contributed by atoms with Crippen LogP contribution >= 0.6 is 23.1 Å². The van der Waals surface area contributed by atoms with Crippen LogP contribution in [0.1, 0.15) is 58.6 Å². The first kappa shape index (κ1) is 19.5. The number of nitrogens with one attached hydrogen (secondary N) is 1. The Bertz CT molecular complexity index is 447. The average molecular weight is 345 g/mol. The zero-order valence-electron chi connectivity index (χ0n) is 13.9. The largest absolute Gasteiger partial charge is 0.480 e. The second-order valence-electron chi connectivity index (χ2n) is 5.94. The number of unbranched alkanes of at least 4 members (excludes halogenated alkanes) is 4. The van der Waals surface area contributed by atoms with Crippen molar-refractivity contribution in [3.8, 4) is 0 Å². The van der Waals surface area contributed by atoms with Crippen LogP contribution < -0.4 is 5.32 Å². The van der Waals surface area contributed by atoms with Gasteiger partial charge in [-0.3, -0.25) is 4.79 Å². The summed E-state index contributed by atoms with van der Waals surface area (Å²) in [6.45, 7) is 7.66. The molecule has 2 N–H and O–H groups in total. The van der Waals surface area contributed by atoms with Crippen LogP contribution in [0.3, 0.4) is 0 Å². The molecule has 4 nitrogen and oxygen atoms in total. The smallest absolute Gasteiger partial charge is 0.319 e. The fourth-order valence-electron chi connectivity index (χ4n) is 1.91. The second kappa shape index (κ2) is 10.2. The monoisotopic (exact) mass is 344 g/mol. The third-order valence-corrected chi connectivity index (χ3v) is 5.58. The van der Waals surface area contributed by atoms with Crippen molar-refractivity contribution < 1.29 is 9.90 Å². The maximum Gasteiger partial charge on any atom is 0.319 e. The molecule has 0 aliphatic rings. The van der Waals surface area contributed by atoms with E-state index >= 15 is 0 Å². The summed E-state index contributed by atoms with van der Waals surface area (Å²) >= 11 is 2.85. The molecule has 0 saturated heterocycles. The van der Waals surface area contributed by atoms with Gasteiger partial charge < -0.3 is 10.4 Å². The minimum Gasteiger partial charge on any atom is -0.480 e. The zero-order chi connectivity index (χ0) is 16.4. The maximum atomic E-state index is 11.1. The number of hydrogen-bond acceptors (Lipinski definition) is 5. The van der Waals surface area contributed by atoms with Crippen molar-refractivity contribution in [2.24, 2.45) is 0 Å². The number of nitrogens with zero attached hydrogens (tertiary/aromatic N) is 1. The molecule has 0 atom stereocenters. The van der Waals surface area contributed by atoms with Gasteiger partial charge in [-0.05, 0) is 26.8 Å². The van der Waals surface area contributed by atoms with Gasteiger partial charge in [-0.1, -0.05) is 44.4 Å². The number of thiazole rings is 1. The molecule has 0 fully saturated rings. The van der Waals surface area contributed by atoms with Crippen molar-refractivity contribution in [2.45, 2.75) is 68.4 Å². The third-order valence-electron chi connectivity index (χ3n) is 3.40. The standard InChI is InChI=1S/C16H28N2O2S2/c1-4-5-6-7-8-10-17-11-9-13-12-21-15(18-13)22-16(2,3)14(19)20/h12,17H,4-11H2,1-3H3,(H,19,20). The molecule has 126 valence electrons. The molecule has 1 heterocycles.